The standard InChI is InChI=1S/C21H17N3O5S/c25-21(22-16-9-5-2-6-10-16)13-18-19(24(28)29)11-17(23(26)27)12-20(18)30-14-15-7-3-1-4-8-15/h1-12H,13-14H2,(H,22,25). The largest absolute Gasteiger partial charge is 0.326 e. The molecule has 3 aromatic rings. The molecule has 0 atom stereocenters. The molecule has 0 unspecified atom stereocenters. The van der Waals surface area contributed by atoms with Crippen molar-refractivity contribution in [1.82, 2.24) is 0 Å². The highest BCUT2D eigenvalue weighted by molar-refractivity contribution is 7.98. The van der Waals surface area contributed by atoms with Gasteiger partial charge < -0.3 is 5.32 Å². The highest BCUT2D eigenvalue weighted by Crippen LogP contribution is 2.36. The number of carbonyl (C=O) groups excluding carboxylic acids is 1. The summed E-state index contributed by atoms with van der Waals surface area (Å²) < 4.78 is 0. The van der Waals surface area contributed by atoms with E-state index in [0.717, 1.165) is 11.6 Å². The van der Waals surface area contributed by atoms with E-state index < -0.39 is 21.4 Å². The second-order valence-corrected chi connectivity index (χ2v) is 7.34. The van der Waals surface area contributed by atoms with Gasteiger partial charge in [0.25, 0.3) is 11.4 Å². The molecule has 0 aliphatic heterocycles. The third-order valence-corrected chi connectivity index (χ3v) is 5.36. The van der Waals surface area contributed by atoms with Crippen molar-refractivity contribution in [2.24, 2.45) is 0 Å². The normalized spacial score (nSPS) is 10.4. The number of nitrogens with zero attached hydrogens (tertiary/aromatic N) is 2. The van der Waals surface area contributed by atoms with Gasteiger partial charge in [0.15, 0.2) is 0 Å². The Morgan fingerprint density at radius 2 is 1.53 bits per heavy atom. The summed E-state index contributed by atoms with van der Waals surface area (Å²) >= 11 is 1.22. The summed E-state index contributed by atoms with van der Waals surface area (Å²) in [6, 6.07) is 20.3. The molecule has 0 bridgehead atoms. The Labute approximate surface area is 176 Å². The fourth-order valence-corrected chi connectivity index (χ4v) is 3.88. The van der Waals surface area contributed by atoms with Crippen LogP contribution in [0.4, 0.5) is 17.1 Å². The minimum atomic E-state index is -0.690. The first-order valence-electron chi connectivity index (χ1n) is 8.91. The van der Waals surface area contributed by atoms with Gasteiger partial charge in [-0.05, 0) is 17.7 Å². The molecule has 0 fully saturated rings. The Hall–Kier alpha value is -3.72. The number of non-ortho nitro benzene ring substituents is 1. The number of nitrogens with one attached hydrogen (secondary N) is 1. The molecule has 0 saturated heterocycles. The Morgan fingerprint density at radius 1 is 0.900 bits per heavy atom. The van der Waals surface area contributed by atoms with Crippen LogP contribution >= 0.6 is 11.8 Å². The van der Waals surface area contributed by atoms with Gasteiger partial charge in [-0.15, -0.1) is 11.8 Å². The summed E-state index contributed by atoms with van der Waals surface area (Å²) in [5.41, 5.74) is 0.842. The predicted molar refractivity (Wildman–Crippen MR) is 115 cm³/mol. The van der Waals surface area contributed by atoms with E-state index in [4.69, 9.17) is 0 Å². The lowest BCUT2D eigenvalue weighted by Gasteiger charge is -2.11. The van der Waals surface area contributed by atoms with Crippen molar-refractivity contribution in [3.63, 3.8) is 0 Å². The molecule has 0 aliphatic carbocycles. The molecule has 0 radical (unpaired) electrons. The monoisotopic (exact) mass is 423 g/mol. The Balaban J connectivity index is 1.94. The molecule has 3 aromatic carbocycles. The van der Waals surface area contributed by atoms with Gasteiger partial charge in [0, 0.05) is 22.4 Å². The molecule has 0 aromatic heterocycles. The van der Waals surface area contributed by atoms with Gasteiger partial charge in [0.05, 0.1) is 27.9 Å². The lowest BCUT2D eigenvalue weighted by Crippen LogP contribution is -2.16. The van der Waals surface area contributed by atoms with Crippen LogP contribution in [0.15, 0.2) is 77.7 Å². The first-order chi connectivity index (χ1) is 14.4. The fraction of sp³-hybridized carbons (Fsp3) is 0.0952. The molecule has 30 heavy (non-hydrogen) atoms. The van der Waals surface area contributed by atoms with Gasteiger partial charge in [-0.3, -0.25) is 25.0 Å². The molecular weight excluding hydrogens is 406 g/mol. The van der Waals surface area contributed by atoms with Gasteiger partial charge >= 0.3 is 0 Å². The van der Waals surface area contributed by atoms with Gasteiger partial charge in [0.1, 0.15) is 0 Å². The molecular formula is C21H17N3O5S. The third-order valence-electron chi connectivity index (χ3n) is 4.21. The Kier molecular flexibility index (Phi) is 6.76. The number of anilines is 1. The summed E-state index contributed by atoms with van der Waals surface area (Å²) in [4.78, 5) is 34.4. The number of hydrogen-bond donors (Lipinski definition) is 1. The van der Waals surface area contributed by atoms with Crippen LogP contribution in [0.1, 0.15) is 11.1 Å². The van der Waals surface area contributed by atoms with Gasteiger partial charge in [0.2, 0.25) is 5.91 Å². The maximum atomic E-state index is 12.5. The van der Waals surface area contributed by atoms with Crippen LogP contribution in [0, 0.1) is 20.2 Å². The summed E-state index contributed by atoms with van der Waals surface area (Å²) in [6.07, 6.45) is -0.277. The third kappa shape index (κ3) is 5.42. The lowest BCUT2D eigenvalue weighted by atomic mass is 10.1. The van der Waals surface area contributed by atoms with Crippen molar-refractivity contribution < 1.29 is 14.6 Å². The second kappa shape index (κ2) is 9.66. The molecule has 0 saturated carbocycles. The van der Waals surface area contributed by atoms with E-state index in [1.54, 1.807) is 30.3 Å². The number of benzene rings is 3. The number of carbonyl (C=O) groups is 1. The van der Waals surface area contributed by atoms with Crippen LogP contribution in [0.25, 0.3) is 0 Å². The fourth-order valence-electron chi connectivity index (χ4n) is 2.81. The maximum Gasteiger partial charge on any atom is 0.281 e. The van der Waals surface area contributed by atoms with E-state index in [9.17, 15) is 25.0 Å². The number of nitro groups is 2. The number of nitro benzene ring substituents is 2. The van der Waals surface area contributed by atoms with Crippen LogP contribution in [-0.4, -0.2) is 15.8 Å². The van der Waals surface area contributed by atoms with Gasteiger partial charge in [-0.1, -0.05) is 48.5 Å². The first kappa shape index (κ1) is 21.0. The van der Waals surface area contributed by atoms with Crippen LogP contribution < -0.4 is 5.32 Å². The maximum absolute atomic E-state index is 12.5. The highest BCUT2D eigenvalue weighted by Gasteiger charge is 2.26. The quantitative estimate of drug-likeness (QED) is 0.310. The molecule has 0 aliphatic rings. The number of rotatable bonds is 8. The smallest absolute Gasteiger partial charge is 0.281 e. The number of para-hydroxylation sites is 1. The second-order valence-electron chi connectivity index (χ2n) is 6.32. The van der Waals surface area contributed by atoms with Gasteiger partial charge in [-0.2, -0.15) is 0 Å². The lowest BCUT2D eigenvalue weighted by molar-refractivity contribution is -0.394. The minimum Gasteiger partial charge on any atom is -0.326 e. The van der Waals surface area contributed by atoms with E-state index in [0.29, 0.717) is 16.3 Å². The van der Waals surface area contributed by atoms with E-state index >= 15 is 0 Å². The van der Waals surface area contributed by atoms with Crippen LogP contribution in [0.3, 0.4) is 0 Å². The molecule has 0 spiro atoms. The Morgan fingerprint density at radius 3 is 2.13 bits per heavy atom. The van der Waals surface area contributed by atoms with E-state index in [1.807, 2.05) is 30.3 Å². The van der Waals surface area contributed by atoms with Crippen LogP contribution in [-0.2, 0) is 17.0 Å². The zero-order valence-corrected chi connectivity index (χ0v) is 16.5. The zero-order valence-electron chi connectivity index (χ0n) is 15.7. The minimum absolute atomic E-state index is 0.153. The molecule has 3 rings (SSSR count). The van der Waals surface area contributed by atoms with Crippen molar-refractivity contribution in [1.29, 1.82) is 0 Å². The predicted octanol–water partition coefficient (Wildman–Crippen LogP) is 4.98. The molecule has 1 N–H and O–H groups in total. The van der Waals surface area contributed by atoms with Crippen molar-refractivity contribution in [2.75, 3.05) is 5.32 Å². The number of amides is 1. The average Bonchev–Trinajstić information content (AvgIpc) is 2.73. The number of thioether (sulfide) groups is 1. The highest BCUT2D eigenvalue weighted by atomic mass is 32.2. The molecule has 1 amide bonds. The number of hydrogen-bond acceptors (Lipinski definition) is 6. The van der Waals surface area contributed by atoms with Crippen molar-refractivity contribution >= 4 is 34.7 Å². The van der Waals surface area contributed by atoms with Crippen LogP contribution in [0.2, 0.25) is 0 Å². The zero-order chi connectivity index (χ0) is 21.5. The summed E-state index contributed by atoms with van der Waals surface area (Å²) in [7, 11) is 0. The van der Waals surface area contributed by atoms with Crippen molar-refractivity contribution in [3.05, 3.63) is 104 Å². The SMILES string of the molecule is O=C(Cc1c(SCc2ccccc2)cc([N+](=O)[O-])cc1[N+](=O)[O-])Nc1ccccc1. The summed E-state index contributed by atoms with van der Waals surface area (Å²) in [5.74, 6) is 0.00615. The van der Waals surface area contributed by atoms with Gasteiger partial charge in [-0.25, -0.2) is 0 Å². The molecule has 152 valence electrons. The first-order valence-corrected chi connectivity index (χ1v) is 9.90. The van der Waals surface area contributed by atoms with E-state index in [2.05, 4.69) is 5.32 Å². The van der Waals surface area contributed by atoms with E-state index in [-0.39, 0.29) is 17.7 Å². The van der Waals surface area contributed by atoms with E-state index in [1.165, 1.54) is 17.8 Å². The average molecular weight is 423 g/mol. The summed E-state index contributed by atoms with van der Waals surface area (Å²) in [6.45, 7) is 0. The van der Waals surface area contributed by atoms with Crippen molar-refractivity contribution in [3.8, 4) is 0 Å². The Bertz CT molecular complexity index is 1070. The van der Waals surface area contributed by atoms with Crippen molar-refractivity contribution in [2.45, 2.75) is 17.1 Å². The topological polar surface area (TPSA) is 115 Å². The van der Waals surface area contributed by atoms with Crippen LogP contribution in [0.5, 0.6) is 0 Å². The molecule has 8 nitrogen and oxygen atoms in total. The molecule has 0 heterocycles. The summed E-state index contributed by atoms with van der Waals surface area (Å²) in [5, 5.41) is 25.6. The molecule has 9 heteroatoms.